The summed E-state index contributed by atoms with van der Waals surface area (Å²) in [6.07, 6.45) is 0. The third kappa shape index (κ3) is 5.37. The van der Waals surface area contributed by atoms with E-state index >= 15 is 0 Å². The minimum Gasteiger partial charge on any atom is -0.308 e. The van der Waals surface area contributed by atoms with Crippen molar-refractivity contribution in [2.24, 2.45) is 0 Å². The Morgan fingerprint density at radius 1 is 0.382 bits per heavy atom. The van der Waals surface area contributed by atoms with Gasteiger partial charge in [0.2, 0.25) is 0 Å². The molecule has 55 heavy (non-hydrogen) atoms. The molecule has 2 nitrogen and oxygen atoms in total. The first kappa shape index (κ1) is 33.2. The van der Waals surface area contributed by atoms with Crippen molar-refractivity contribution in [1.82, 2.24) is 4.40 Å². The highest BCUT2D eigenvalue weighted by Crippen LogP contribution is 2.44. The van der Waals surface area contributed by atoms with E-state index in [1.165, 1.54) is 93.0 Å². The van der Waals surface area contributed by atoms with E-state index in [1.54, 1.807) is 0 Å². The van der Waals surface area contributed by atoms with Gasteiger partial charge in [0.1, 0.15) is 0 Å². The number of fused-ring (bicyclic) bond motifs is 8. The summed E-state index contributed by atoms with van der Waals surface area (Å²) in [5.41, 5.74) is 14.5. The number of hydrogen-bond donors (Lipinski definition) is 0. The van der Waals surface area contributed by atoms with Gasteiger partial charge in [0.15, 0.2) is 5.69 Å². The Morgan fingerprint density at radius 2 is 0.782 bits per heavy atom. The lowest BCUT2D eigenvalue weighted by Crippen LogP contribution is -2.10. The third-order valence-electron chi connectivity index (χ3n) is 11.8. The Kier molecular flexibility index (Phi) is 7.10. The molecule has 0 unspecified atom stereocenters. The van der Waals surface area contributed by atoms with Gasteiger partial charge in [0.05, 0.1) is 23.1 Å². The van der Waals surface area contributed by atoms with E-state index in [4.69, 9.17) is 6.57 Å². The van der Waals surface area contributed by atoms with E-state index in [0.29, 0.717) is 5.69 Å². The van der Waals surface area contributed by atoms with Crippen molar-refractivity contribution in [3.05, 3.63) is 168 Å². The van der Waals surface area contributed by atoms with Crippen LogP contribution in [0.1, 0.15) is 52.7 Å². The van der Waals surface area contributed by atoms with Crippen LogP contribution in [-0.2, 0) is 10.8 Å². The normalized spacial score (nSPS) is 12.5. The fourth-order valence-corrected chi connectivity index (χ4v) is 8.61. The quantitative estimate of drug-likeness (QED) is 0.162. The largest absolute Gasteiger partial charge is 0.308 e. The van der Waals surface area contributed by atoms with Gasteiger partial charge in [-0.15, -0.1) is 0 Å². The van der Waals surface area contributed by atoms with Crippen molar-refractivity contribution in [2.75, 3.05) is 0 Å². The van der Waals surface area contributed by atoms with Gasteiger partial charge >= 0.3 is 0 Å². The smallest absolute Gasteiger partial charge is 0.187 e. The maximum Gasteiger partial charge on any atom is 0.187 e. The Labute approximate surface area is 322 Å². The summed E-state index contributed by atoms with van der Waals surface area (Å²) in [7, 11) is 0. The van der Waals surface area contributed by atoms with Crippen molar-refractivity contribution in [2.45, 2.75) is 52.4 Å². The zero-order chi connectivity index (χ0) is 37.8. The van der Waals surface area contributed by atoms with Crippen LogP contribution in [0.15, 0.2) is 146 Å². The van der Waals surface area contributed by atoms with Crippen LogP contribution in [0, 0.1) is 6.57 Å². The number of hydrogen-bond acceptors (Lipinski definition) is 0. The molecule has 0 aliphatic carbocycles. The molecule has 2 aromatic heterocycles. The van der Waals surface area contributed by atoms with Crippen molar-refractivity contribution in [3.63, 3.8) is 0 Å². The van der Waals surface area contributed by atoms with E-state index in [2.05, 4.69) is 184 Å². The van der Waals surface area contributed by atoms with E-state index in [9.17, 15) is 0 Å². The number of aromatic nitrogens is 1. The van der Waals surface area contributed by atoms with Gasteiger partial charge in [-0.2, -0.15) is 0 Å². The summed E-state index contributed by atoms with van der Waals surface area (Å²) >= 11 is 0. The van der Waals surface area contributed by atoms with E-state index in [-0.39, 0.29) is 10.8 Å². The number of benzene rings is 8. The molecule has 0 saturated carbocycles. The Morgan fingerprint density at radius 3 is 1.20 bits per heavy atom. The Hall–Kier alpha value is -6.43. The molecule has 0 saturated heterocycles. The average molecular weight is 707 g/mol. The molecule has 0 aliphatic heterocycles. The Bertz CT molecular complexity index is 2990. The molecular formula is C53H42N2. The predicted octanol–water partition coefficient (Wildman–Crippen LogP) is 15.3. The van der Waals surface area contributed by atoms with Crippen molar-refractivity contribution in [3.8, 4) is 33.4 Å². The summed E-state index contributed by atoms with van der Waals surface area (Å²) in [5.74, 6) is 0. The molecule has 2 heterocycles. The van der Waals surface area contributed by atoms with Gasteiger partial charge in [-0.25, -0.2) is 4.85 Å². The summed E-state index contributed by atoms with van der Waals surface area (Å²) < 4.78 is 2.51. The molecule has 0 radical (unpaired) electrons. The van der Waals surface area contributed by atoms with E-state index in [1.807, 2.05) is 12.1 Å². The van der Waals surface area contributed by atoms with Crippen molar-refractivity contribution in [1.29, 1.82) is 0 Å². The summed E-state index contributed by atoms with van der Waals surface area (Å²) in [6.45, 7) is 21.1. The first-order valence-electron chi connectivity index (χ1n) is 19.3. The van der Waals surface area contributed by atoms with Crippen LogP contribution in [0.4, 0.5) is 5.69 Å². The molecule has 0 atom stereocenters. The van der Waals surface area contributed by atoms with Crippen LogP contribution >= 0.6 is 0 Å². The van der Waals surface area contributed by atoms with Crippen molar-refractivity contribution >= 4 is 65.3 Å². The minimum atomic E-state index is 0.119. The molecule has 8 aromatic carbocycles. The molecule has 0 N–H and O–H groups in total. The molecule has 0 fully saturated rings. The zero-order valence-corrected chi connectivity index (χ0v) is 32.3. The fraction of sp³-hybridized carbons (Fsp3) is 0.151. The van der Waals surface area contributed by atoms with Crippen LogP contribution in [-0.4, -0.2) is 4.40 Å². The second kappa shape index (κ2) is 11.8. The lowest BCUT2D eigenvalue weighted by atomic mass is 9.86. The van der Waals surface area contributed by atoms with Crippen molar-refractivity contribution < 1.29 is 0 Å². The lowest BCUT2D eigenvalue weighted by molar-refractivity contribution is 0.590. The summed E-state index contributed by atoms with van der Waals surface area (Å²) in [4.78, 5) is 3.64. The highest BCUT2D eigenvalue weighted by atomic mass is 14.9. The average Bonchev–Trinajstić information content (AvgIpc) is 3.68. The van der Waals surface area contributed by atoms with Gasteiger partial charge < -0.3 is 4.40 Å². The topological polar surface area (TPSA) is 8.77 Å². The molecule has 264 valence electrons. The second-order valence-electron chi connectivity index (χ2n) is 17.4. The van der Waals surface area contributed by atoms with Crippen LogP contribution in [0.5, 0.6) is 0 Å². The summed E-state index contributed by atoms with van der Waals surface area (Å²) in [6, 6.07) is 54.2. The Balaban J connectivity index is 1.21. The lowest BCUT2D eigenvalue weighted by Gasteiger charge is -2.19. The van der Waals surface area contributed by atoms with Crippen LogP contribution in [0.2, 0.25) is 0 Å². The molecule has 10 aromatic rings. The molecular weight excluding hydrogens is 665 g/mol. The SMILES string of the molecule is [C-]#[N+]c1ccc(-c2cc3c4cc5ccc(-c6ccc(C(C)(C)C)cc6)cc5cc4n4c5cc6cc(-c7ccc(C(C)(C)C)cc7)ccc6cc5c(c2)c34)cc1. The second-order valence-corrected chi connectivity index (χ2v) is 17.4. The molecule has 0 amide bonds. The van der Waals surface area contributed by atoms with Gasteiger partial charge in [0.25, 0.3) is 0 Å². The minimum absolute atomic E-state index is 0.119. The monoisotopic (exact) mass is 706 g/mol. The van der Waals surface area contributed by atoms with Crippen LogP contribution in [0.3, 0.4) is 0 Å². The number of rotatable bonds is 3. The van der Waals surface area contributed by atoms with Gasteiger partial charge in [0, 0.05) is 21.5 Å². The van der Waals surface area contributed by atoms with E-state index < -0.39 is 0 Å². The zero-order valence-electron chi connectivity index (χ0n) is 32.3. The fourth-order valence-electron chi connectivity index (χ4n) is 8.61. The molecule has 2 heteroatoms. The van der Waals surface area contributed by atoms with Gasteiger partial charge in [-0.05, 0) is 125 Å². The van der Waals surface area contributed by atoms with Gasteiger partial charge in [-0.3, -0.25) is 0 Å². The van der Waals surface area contributed by atoms with Gasteiger partial charge in [-0.1, -0.05) is 139 Å². The van der Waals surface area contributed by atoms with Crippen LogP contribution in [0.25, 0.3) is 97.9 Å². The van der Waals surface area contributed by atoms with Crippen LogP contribution < -0.4 is 0 Å². The maximum absolute atomic E-state index is 7.49. The number of nitrogens with zero attached hydrogens (tertiary/aromatic N) is 2. The highest BCUT2D eigenvalue weighted by Gasteiger charge is 2.21. The molecule has 0 aliphatic rings. The van der Waals surface area contributed by atoms with E-state index in [0.717, 1.165) is 11.1 Å². The third-order valence-corrected chi connectivity index (χ3v) is 11.8. The molecule has 0 bridgehead atoms. The standard InChI is InChI=1S/C53H42N2/c1-52(2,3)42-18-12-32(13-19-42)35-8-10-37-26-45-47-28-41(34-16-22-44(54-7)23-17-34)29-48-46-27-38-11-9-36(33-14-20-43(21-15-33)53(4,5)6)25-40(38)31-50(46)55(51(47)48)49(45)30-39(37)24-35/h8-31H,1-6H3. The molecule has 10 rings (SSSR count). The highest BCUT2D eigenvalue weighted by molar-refractivity contribution is 6.27. The summed E-state index contributed by atoms with van der Waals surface area (Å²) in [5, 5.41) is 9.94. The first-order valence-corrected chi connectivity index (χ1v) is 19.3. The molecule has 0 spiro atoms. The maximum atomic E-state index is 7.49. The predicted molar refractivity (Wildman–Crippen MR) is 236 cm³/mol. The first-order chi connectivity index (χ1) is 26.4.